The van der Waals surface area contributed by atoms with Crippen LogP contribution >= 0.6 is 11.6 Å². The van der Waals surface area contributed by atoms with Gasteiger partial charge in [0.1, 0.15) is 16.4 Å². The third-order valence-corrected chi connectivity index (χ3v) is 7.87. The number of carboxylic acid groups (broad SMARTS) is 1. The summed E-state index contributed by atoms with van der Waals surface area (Å²) in [5, 5.41) is 11.2. The van der Waals surface area contributed by atoms with Crippen LogP contribution in [0.1, 0.15) is 46.1 Å². The first-order valence-corrected chi connectivity index (χ1v) is 15.9. The number of aryl methyl sites for hydroxylation is 1. The number of aromatic nitrogens is 5. The molecule has 2 heterocycles. The Kier molecular flexibility index (Phi) is 12.3. The van der Waals surface area contributed by atoms with Crippen LogP contribution in [0.4, 0.5) is 23.9 Å². The van der Waals surface area contributed by atoms with Gasteiger partial charge in [-0.3, -0.25) is 14.7 Å². The molecule has 22 heteroatoms. The van der Waals surface area contributed by atoms with Crippen molar-refractivity contribution < 1.29 is 50.6 Å². The highest BCUT2D eigenvalue weighted by Gasteiger charge is 2.35. The summed E-state index contributed by atoms with van der Waals surface area (Å²) in [6, 6.07) is 7.54. The first-order valence-electron chi connectivity index (χ1n) is 14.0. The van der Waals surface area contributed by atoms with Crippen molar-refractivity contribution in [3.63, 3.8) is 0 Å². The number of aromatic carboxylic acids is 1. The Balaban J connectivity index is 0.000000276. The summed E-state index contributed by atoms with van der Waals surface area (Å²) in [5.74, 6) is -2.23. The number of esters is 1. The summed E-state index contributed by atoms with van der Waals surface area (Å²) in [5.41, 5.74) is -4.48. The normalized spacial score (nSPS) is 11.3. The van der Waals surface area contributed by atoms with E-state index in [1.54, 1.807) is 18.6 Å². The van der Waals surface area contributed by atoms with Crippen LogP contribution in [0.2, 0.25) is 5.02 Å². The number of benzene rings is 2. The number of hydrogen-bond donors (Lipinski definition) is 3. The molecule has 0 aliphatic carbocycles. The van der Waals surface area contributed by atoms with Gasteiger partial charge in [-0.15, -0.1) is 0 Å². The predicted molar refractivity (Wildman–Crippen MR) is 172 cm³/mol. The lowest BCUT2D eigenvalue weighted by Crippen LogP contribution is -2.40. The second-order valence-electron chi connectivity index (χ2n) is 10.2. The number of nitrogens with one attached hydrogen (secondary N) is 2. The quantitative estimate of drug-likeness (QED) is 0.220. The molecular weight excluding hydrogens is 731 g/mol. The van der Waals surface area contributed by atoms with E-state index >= 15 is 0 Å². The number of sulfonamides is 1. The molecule has 0 fully saturated rings. The molecule has 17 nitrogen and oxygen atoms in total. The van der Waals surface area contributed by atoms with Crippen LogP contribution in [0.5, 0.6) is 6.01 Å². The maximum absolute atomic E-state index is 12.9. The number of amides is 2. The number of anilines is 1. The molecule has 0 spiro atoms. The zero-order valence-corrected chi connectivity index (χ0v) is 28.5. The molecule has 0 saturated carbocycles. The van der Waals surface area contributed by atoms with E-state index < -0.39 is 67.7 Å². The fraction of sp³-hybridized carbons (Fsp3) is 0.241. The molecule has 0 saturated heterocycles. The minimum Gasteiger partial charge on any atom is -0.478 e. The first-order chi connectivity index (χ1) is 23.7. The Bertz CT molecular complexity index is 2230. The topological polar surface area (TPSA) is 231 Å². The minimum absolute atomic E-state index is 0.0104. The van der Waals surface area contributed by atoms with Crippen molar-refractivity contribution in [1.29, 1.82) is 0 Å². The van der Waals surface area contributed by atoms with Crippen LogP contribution in [0.15, 0.2) is 63.0 Å². The SMILES string of the molecule is CC(C)OC(=O)c1cc(-n2c(=O)cc(C(F)(F)F)n(C)c2=O)ccc1Cl.COc1nc(C)nc(NC(=O)NS(=O)(=O)c2ccccc2C(=O)O)n1. The third-order valence-electron chi connectivity index (χ3n) is 6.15. The predicted octanol–water partition coefficient (Wildman–Crippen LogP) is 3.17. The lowest BCUT2D eigenvalue weighted by Gasteiger charge is -2.15. The van der Waals surface area contributed by atoms with Crippen molar-refractivity contribution >= 4 is 45.5 Å². The second-order valence-corrected chi connectivity index (χ2v) is 12.3. The standard InChI is InChI=1S/C16H14ClF3N2O4.C13H13N5O6S/c1-8(2)26-14(24)10-6-9(4-5-11(10)17)22-13(23)7-12(16(18,19)20)21(3)15(22)25;1-7-14-11(17-13(15-7)24-2)16-12(21)18-25(22,23)9-6-4-3-5-8(9)10(19)20/h4-8H,1-3H3;3-6H,1-2H3,(H,19,20)(H2,14,15,16,17,18,21). The van der Waals surface area contributed by atoms with Gasteiger partial charge in [-0.1, -0.05) is 23.7 Å². The van der Waals surface area contributed by atoms with Gasteiger partial charge >= 0.3 is 35.8 Å². The Morgan fingerprint density at radius 1 is 1.00 bits per heavy atom. The Labute approximate surface area is 290 Å². The number of rotatable bonds is 8. The van der Waals surface area contributed by atoms with E-state index in [9.17, 15) is 45.6 Å². The molecule has 2 amide bonds. The van der Waals surface area contributed by atoms with Gasteiger partial charge in [0.2, 0.25) is 5.95 Å². The van der Waals surface area contributed by atoms with Crippen LogP contribution in [-0.4, -0.2) is 68.8 Å². The van der Waals surface area contributed by atoms with Crippen molar-refractivity contribution in [2.24, 2.45) is 7.05 Å². The number of nitrogens with zero attached hydrogens (tertiary/aromatic N) is 5. The van der Waals surface area contributed by atoms with Crippen LogP contribution in [0, 0.1) is 6.92 Å². The maximum Gasteiger partial charge on any atom is 0.431 e. The monoisotopic (exact) mass is 757 g/mol. The molecule has 2 aromatic heterocycles. The van der Waals surface area contributed by atoms with Crippen molar-refractivity contribution in [1.82, 2.24) is 28.8 Å². The number of carbonyl (C=O) groups is 3. The van der Waals surface area contributed by atoms with Gasteiger partial charge in [-0.25, -0.2) is 36.9 Å². The second kappa shape index (κ2) is 15.8. The van der Waals surface area contributed by atoms with Crippen molar-refractivity contribution in [2.45, 2.75) is 37.9 Å². The summed E-state index contributed by atoms with van der Waals surface area (Å²) in [7, 11) is -2.22. The molecule has 3 N–H and O–H groups in total. The lowest BCUT2D eigenvalue weighted by atomic mass is 10.2. The molecule has 4 aromatic rings. The third kappa shape index (κ3) is 9.88. The Morgan fingerprint density at radius 2 is 1.65 bits per heavy atom. The van der Waals surface area contributed by atoms with Gasteiger partial charge in [-0.2, -0.15) is 28.1 Å². The van der Waals surface area contributed by atoms with Crippen LogP contribution in [0.25, 0.3) is 5.69 Å². The number of hydrogen-bond acceptors (Lipinski definition) is 12. The average molecular weight is 758 g/mol. The average Bonchev–Trinajstić information content (AvgIpc) is 3.02. The highest BCUT2D eigenvalue weighted by atomic mass is 35.5. The fourth-order valence-corrected chi connectivity index (χ4v) is 5.31. The molecule has 0 aliphatic heterocycles. The highest BCUT2D eigenvalue weighted by molar-refractivity contribution is 7.90. The molecule has 51 heavy (non-hydrogen) atoms. The van der Waals surface area contributed by atoms with Gasteiger partial charge < -0.3 is 14.6 Å². The zero-order chi connectivity index (χ0) is 38.4. The van der Waals surface area contributed by atoms with E-state index in [1.807, 2.05) is 0 Å². The van der Waals surface area contributed by atoms with Crippen LogP contribution in [-0.2, 0) is 28.0 Å². The van der Waals surface area contributed by atoms with E-state index in [1.165, 1.54) is 38.3 Å². The summed E-state index contributed by atoms with van der Waals surface area (Å²) in [6.45, 7) is 4.75. The van der Waals surface area contributed by atoms with Gasteiger partial charge in [0, 0.05) is 13.1 Å². The van der Waals surface area contributed by atoms with Crippen LogP contribution in [0.3, 0.4) is 0 Å². The molecule has 0 unspecified atom stereocenters. The molecule has 0 radical (unpaired) electrons. The largest absolute Gasteiger partial charge is 0.478 e. The zero-order valence-electron chi connectivity index (χ0n) is 27.0. The van der Waals surface area contributed by atoms with E-state index in [4.69, 9.17) is 26.2 Å². The number of ether oxygens (including phenoxy) is 2. The molecule has 2 aromatic carbocycles. The van der Waals surface area contributed by atoms with Crippen LogP contribution < -0.4 is 26.0 Å². The Hall–Kier alpha value is -5.83. The number of carbonyl (C=O) groups excluding carboxylic acids is 2. The summed E-state index contributed by atoms with van der Waals surface area (Å²) < 4.78 is 75.5. The van der Waals surface area contributed by atoms with Crippen molar-refractivity contribution in [3.05, 3.63) is 97.0 Å². The van der Waals surface area contributed by atoms with Crippen molar-refractivity contribution in [3.8, 4) is 11.7 Å². The van der Waals surface area contributed by atoms with Crippen molar-refractivity contribution in [2.75, 3.05) is 12.4 Å². The molecule has 4 rings (SSSR count). The first kappa shape index (κ1) is 39.6. The molecule has 0 aliphatic rings. The van der Waals surface area contributed by atoms with Gasteiger partial charge in [0.15, 0.2) is 0 Å². The number of urea groups is 1. The number of halogens is 4. The fourth-order valence-electron chi connectivity index (χ4n) is 4.01. The minimum atomic E-state index is -4.86. The van der Waals surface area contributed by atoms with Gasteiger partial charge in [-0.05, 0) is 51.1 Å². The smallest absolute Gasteiger partial charge is 0.431 e. The highest BCUT2D eigenvalue weighted by Crippen LogP contribution is 2.27. The maximum atomic E-state index is 12.9. The van der Waals surface area contributed by atoms with E-state index in [2.05, 4.69) is 20.3 Å². The number of alkyl halides is 3. The van der Waals surface area contributed by atoms with E-state index in [0.29, 0.717) is 15.2 Å². The van der Waals surface area contributed by atoms with E-state index in [-0.39, 0.29) is 34.1 Å². The Morgan fingerprint density at radius 3 is 2.24 bits per heavy atom. The molecule has 0 atom stereocenters. The van der Waals surface area contributed by atoms with Gasteiger partial charge in [0.25, 0.3) is 15.6 Å². The molecular formula is C29H27ClF3N7O10S. The summed E-state index contributed by atoms with van der Waals surface area (Å²) >= 11 is 5.94. The van der Waals surface area contributed by atoms with E-state index in [0.717, 1.165) is 25.2 Å². The molecule has 0 bridgehead atoms. The van der Waals surface area contributed by atoms with Gasteiger partial charge in [0.05, 0.1) is 35.1 Å². The summed E-state index contributed by atoms with van der Waals surface area (Å²) in [4.78, 5) is 70.3. The number of methoxy groups -OCH3 is 1. The summed E-state index contributed by atoms with van der Waals surface area (Å²) in [6.07, 6.45) is -5.30. The molecule has 272 valence electrons. The lowest BCUT2D eigenvalue weighted by molar-refractivity contribution is -0.144. The number of carboxylic acids is 1.